The first-order valence-corrected chi connectivity index (χ1v) is 10.9. The number of carbonyl (C=O) groups excluding carboxylic acids is 1. The Bertz CT molecular complexity index is 1110. The number of fused-ring (bicyclic) bond motifs is 2. The van der Waals surface area contributed by atoms with Crippen molar-refractivity contribution in [3.8, 4) is 11.5 Å². The Kier molecular flexibility index (Phi) is 4.49. The first-order valence-electron chi connectivity index (χ1n) is 10.9. The number of nitrogens with zero attached hydrogens (tertiary/aromatic N) is 2. The van der Waals surface area contributed by atoms with Gasteiger partial charge in [-0.25, -0.2) is 0 Å². The van der Waals surface area contributed by atoms with E-state index < -0.39 is 0 Å². The number of hydrogen-bond donors (Lipinski definition) is 1. The number of carbonyl (C=O) groups is 1. The second-order valence-corrected chi connectivity index (χ2v) is 8.42. The molecule has 1 atom stereocenters. The summed E-state index contributed by atoms with van der Waals surface area (Å²) in [6, 6.07) is 14.5. The van der Waals surface area contributed by atoms with Crippen molar-refractivity contribution in [1.29, 1.82) is 0 Å². The van der Waals surface area contributed by atoms with Crippen LogP contribution in [-0.2, 0) is 13.1 Å². The Balaban J connectivity index is 1.28. The van der Waals surface area contributed by atoms with Gasteiger partial charge in [0.15, 0.2) is 17.3 Å². The summed E-state index contributed by atoms with van der Waals surface area (Å²) < 4.78 is 19.8. The summed E-state index contributed by atoms with van der Waals surface area (Å²) in [5, 5.41) is 2.98. The fourth-order valence-electron chi connectivity index (χ4n) is 4.48. The van der Waals surface area contributed by atoms with Crippen molar-refractivity contribution >= 4 is 5.91 Å². The highest BCUT2D eigenvalue weighted by atomic mass is 16.6. The number of ether oxygens (including phenoxy) is 2. The molecule has 1 aromatic carbocycles. The van der Waals surface area contributed by atoms with E-state index in [2.05, 4.69) is 45.2 Å². The predicted octanol–water partition coefficient (Wildman–Crippen LogP) is 3.35. The lowest BCUT2D eigenvalue weighted by atomic mass is 9.99. The molecule has 1 amide bonds. The van der Waals surface area contributed by atoms with Gasteiger partial charge in [-0.15, -0.1) is 0 Å². The number of benzene rings is 1. The van der Waals surface area contributed by atoms with E-state index in [4.69, 9.17) is 13.9 Å². The van der Waals surface area contributed by atoms with E-state index in [0.717, 1.165) is 48.8 Å². The maximum Gasteiger partial charge on any atom is 0.287 e. The van der Waals surface area contributed by atoms with Gasteiger partial charge < -0.3 is 23.8 Å². The minimum absolute atomic E-state index is 0.0633. The van der Waals surface area contributed by atoms with Crippen molar-refractivity contribution in [1.82, 2.24) is 14.8 Å². The SMILES string of the molecule is O=C(NC1CC1)c1ccc(CN2CCn3cccc3[C@@H]2c2ccc3c(c2)OCCO3)o1. The van der Waals surface area contributed by atoms with Crippen molar-refractivity contribution in [2.24, 2.45) is 0 Å². The zero-order valence-electron chi connectivity index (χ0n) is 17.3. The third-order valence-electron chi connectivity index (χ3n) is 6.18. The molecule has 1 aliphatic carbocycles. The van der Waals surface area contributed by atoms with Crippen molar-refractivity contribution in [2.75, 3.05) is 19.8 Å². The van der Waals surface area contributed by atoms with E-state index >= 15 is 0 Å². The van der Waals surface area contributed by atoms with Gasteiger partial charge in [-0.1, -0.05) is 6.07 Å². The zero-order valence-corrected chi connectivity index (χ0v) is 17.3. The van der Waals surface area contributed by atoms with Crippen molar-refractivity contribution in [3.63, 3.8) is 0 Å². The number of hydrogen-bond acceptors (Lipinski definition) is 5. The Morgan fingerprint density at radius 1 is 1.03 bits per heavy atom. The van der Waals surface area contributed by atoms with E-state index in [0.29, 0.717) is 31.6 Å². The second kappa shape index (κ2) is 7.50. The topological polar surface area (TPSA) is 68.9 Å². The van der Waals surface area contributed by atoms with Crippen LogP contribution in [0.25, 0.3) is 0 Å². The predicted molar refractivity (Wildman–Crippen MR) is 113 cm³/mol. The van der Waals surface area contributed by atoms with Crippen LogP contribution in [0.2, 0.25) is 0 Å². The molecule has 1 saturated carbocycles. The van der Waals surface area contributed by atoms with E-state index in [1.165, 1.54) is 5.69 Å². The number of furan rings is 1. The average molecular weight is 419 g/mol. The highest BCUT2D eigenvalue weighted by Crippen LogP contribution is 2.39. The van der Waals surface area contributed by atoms with Gasteiger partial charge >= 0.3 is 0 Å². The number of nitrogens with one attached hydrogen (secondary N) is 1. The van der Waals surface area contributed by atoms with Crippen LogP contribution < -0.4 is 14.8 Å². The van der Waals surface area contributed by atoms with Crippen molar-refractivity contribution in [2.45, 2.75) is 38.0 Å². The Hall–Kier alpha value is -3.19. The molecule has 2 aliphatic heterocycles. The summed E-state index contributed by atoms with van der Waals surface area (Å²) in [5.74, 6) is 2.65. The smallest absolute Gasteiger partial charge is 0.287 e. The minimum atomic E-state index is -0.121. The van der Waals surface area contributed by atoms with Crippen LogP contribution in [0.1, 0.15) is 46.5 Å². The van der Waals surface area contributed by atoms with Crippen molar-refractivity contribution < 1.29 is 18.7 Å². The number of rotatable bonds is 5. The van der Waals surface area contributed by atoms with Gasteiger partial charge in [0, 0.05) is 31.0 Å². The maximum atomic E-state index is 12.3. The van der Waals surface area contributed by atoms with E-state index in [1.807, 2.05) is 12.1 Å². The van der Waals surface area contributed by atoms with Gasteiger partial charge in [-0.05, 0) is 54.8 Å². The summed E-state index contributed by atoms with van der Waals surface area (Å²) in [6.07, 6.45) is 4.25. The number of aromatic nitrogens is 1. The van der Waals surface area contributed by atoms with Gasteiger partial charge in [0.2, 0.25) is 0 Å². The van der Waals surface area contributed by atoms with Crippen molar-refractivity contribution in [3.05, 3.63) is 71.4 Å². The lowest BCUT2D eigenvalue weighted by Crippen LogP contribution is -2.37. The summed E-state index contributed by atoms with van der Waals surface area (Å²) >= 11 is 0. The van der Waals surface area contributed by atoms with Crippen LogP contribution in [-0.4, -0.2) is 41.2 Å². The molecule has 7 nitrogen and oxygen atoms in total. The van der Waals surface area contributed by atoms with Crippen LogP contribution in [0.5, 0.6) is 11.5 Å². The van der Waals surface area contributed by atoms with Crippen LogP contribution in [0, 0.1) is 0 Å². The summed E-state index contributed by atoms with van der Waals surface area (Å²) in [5.41, 5.74) is 2.39. The summed E-state index contributed by atoms with van der Waals surface area (Å²) in [7, 11) is 0. The van der Waals surface area contributed by atoms with Gasteiger partial charge in [-0.3, -0.25) is 9.69 Å². The molecular formula is C24H25N3O4. The third kappa shape index (κ3) is 3.59. The zero-order chi connectivity index (χ0) is 20.8. The third-order valence-corrected chi connectivity index (χ3v) is 6.18. The molecule has 7 heteroatoms. The van der Waals surface area contributed by atoms with Gasteiger partial charge in [-0.2, -0.15) is 0 Å². The van der Waals surface area contributed by atoms with Gasteiger partial charge in [0.25, 0.3) is 5.91 Å². The standard InChI is InChI=1S/C24H25N3O4/c28-24(25-17-4-5-17)21-8-6-18(31-21)15-27-11-10-26-9-1-2-19(26)23(27)16-3-7-20-22(14-16)30-13-12-29-20/h1-3,6-9,14,17,23H,4-5,10-13,15H2,(H,25,28)/t23-/m0/s1. The molecule has 0 saturated heterocycles. The molecule has 3 aromatic rings. The average Bonchev–Trinajstić information content (AvgIpc) is 3.27. The molecule has 1 N–H and O–H groups in total. The lowest BCUT2D eigenvalue weighted by Gasteiger charge is -2.37. The molecule has 0 bridgehead atoms. The first-order chi connectivity index (χ1) is 15.2. The fraction of sp³-hybridized carbons (Fsp3) is 0.375. The Labute approximate surface area is 180 Å². The monoisotopic (exact) mass is 419 g/mol. The molecule has 0 unspecified atom stereocenters. The molecular weight excluding hydrogens is 394 g/mol. The summed E-state index contributed by atoms with van der Waals surface area (Å²) in [4.78, 5) is 14.7. The molecule has 3 aliphatic rings. The fourth-order valence-corrected chi connectivity index (χ4v) is 4.48. The van der Waals surface area contributed by atoms with E-state index in [9.17, 15) is 4.79 Å². The first kappa shape index (κ1) is 18.6. The maximum absolute atomic E-state index is 12.3. The highest BCUT2D eigenvalue weighted by molar-refractivity contribution is 5.91. The van der Waals surface area contributed by atoms with Crippen LogP contribution in [0.15, 0.2) is 53.1 Å². The Morgan fingerprint density at radius 3 is 2.77 bits per heavy atom. The largest absolute Gasteiger partial charge is 0.486 e. The highest BCUT2D eigenvalue weighted by Gasteiger charge is 2.31. The molecule has 4 heterocycles. The van der Waals surface area contributed by atoms with Crippen LogP contribution >= 0.6 is 0 Å². The lowest BCUT2D eigenvalue weighted by molar-refractivity contribution is 0.0916. The molecule has 160 valence electrons. The number of amides is 1. The normalized spacial score (nSPS) is 20.3. The molecule has 1 fully saturated rings. The van der Waals surface area contributed by atoms with Gasteiger partial charge in [0.05, 0.1) is 12.6 Å². The molecule has 31 heavy (non-hydrogen) atoms. The van der Waals surface area contributed by atoms with Gasteiger partial charge in [0.1, 0.15) is 19.0 Å². The minimum Gasteiger partial charge on any atom is -0.486 e. The molecule has 6 rings (SSSR count). The van der Waals surface area contributed by atoms with Crippen LogP contribution in [0.3, 0.4) is 0 Å². The quantitative estimate of drug-likeness (QED) is 0.687. The molecule has 0 radical (unpaired) electrons. The molecule has 2 aromatic heterocycles. The van der Waals surface area contributed by atoms with E-state index in [1.54, 1.807) is 6.07 Å². The second-order valence-electron chi connectivity index (χ2n) is 8.42. The molecule has 0 spiro atoms. The van der Waals surface area contributed by atoms with E-state index in [-0.39, 0.29) is 11.9 Å². The summed E-state index contributed by atoms with van der Waals surface area (Å²) in [6.45, 7) is 3.57. The van der Waals surface area contributed by atoms with Crippen LogP contribution in [0.4, 0.5) is 0 Å². The Morgan fingerprint density at radius 2 is 1.90 bits per heavy atom.